The Morgan fingerprint density at radius 2 is 1.46 bits per heavy atom. The quantitative estimate of drug-likeness (QED) is 0.513. The summed E-state index contributed by atoms with van der Waals surface area (Å²) in [5.41, 5.74) is 2.46. The second-order valence-electron chi connectivity index (χ2n) is 10.9. The molecule has 2 unspecified atom stereocenters. The molecule has 1 N–H and O–H groups in total. The lowest BCUT2D eigenvalue weighted by Gasteiger charge is -2.43. The lowest BCUT2D eigenvalue weighted by Crippen LogP contribution is -2.57. The number of hydrogen-bond acceptors (Lipinski definition) is 4. The Kier molecular flexibility index (Phi) is 6.81. The van der Waals surface area contributed by atoms with Crippen molar-refractivity contribution >= 4 is 23.4 Å². The third-order valence-electron chi connectivity index (χ3n) is 8.49. The van der Waals surface area contributed by atoms with Gasteiger partial charge >= 0.3 is 0 Å². The highest BCUT2D eigenvalue weighted by atomic mass is 16.2. The number of piperidine rings is 1. The minimum Gasteiger partial charge on any atom is -0.350 e. The van der Waals surface area contributed by atoms with E-state index < -0.39 is 5.54 Å². The zero-order chi connectivity index (χ0) is 26.8. The Hall–Kier alpha value is -4.13. The fourth-order valence-corrected chi connectivity index (χ4v) is 6.22. The van der Waals surface area contributed by atoms with Crippen LogP contribution >= 0.6 is 0 Å². The van der Waals surface area contributed by atoms with E-state index in [0.717, 1.165) is 17.7 Å². The van der Waals surface area contributed by atoms with E-state index in [1.54, 1.807) is 4.90 Å². The molecule has 2 aliphatic heterocycles. The zero-order valence-electron chi connectivity index (χ0n) is 22.0. The van der Waals surface area contributed by atoms with E-state index in [0.29, 0.717) is 45.1 Å². The van der Waals surface area contributed by atoms with Crippen LogP contribution in [0.5, 0.6) is 0 Å². The van der Waals surface area contributed by atoms with E-state index in [4.69, 9.17) is 0 Å². The first-order valence-corrected chi connectivity index (χ1v) is 13.8. The van der Waals surface area contributed by atoms with Crippen molar-refractivity contribution in [1.29, 1.82) is 0 Å². The Morgan fingerprint density at radius 3 is 2.13 bits per heavy atom. The zero-order valence-corrected chi connectivity index (χ0v) is 22.0. The summed E-state index contributed by atoms with van der Waals surface area (Å²) in [7, 11) is 0. The molecule has 7 nitrogen and oxygen atoms in total. The van der Waals surface area contributed by atoms with Crippen LogP contribution in [-0.2, 0) is 20.9 Å². The number of nitrogens with zero attached hydrogens (tertiary/aromatic N) is 3. The van der Waals surface area contributed by atoms with Gasteiger partial charge < -0.3 is 20.0 Å². The number of anilines is 1. The molecule has 3 aromatic carbocycles. The van der Waals surface area contributed by atoms with Crippen molar-refractivity contribution in [2.45, 2.75) is 37.3 Å². The summed E-state index contributed by atoms with van der Waals surface area (Å²) in [6, 6.07) is 29.9. The van der Waals surface area contributed by atoms with Gasteiger partial charge in [-0.2, -0.15) is 0 Å². The standard InChI is InChI=1S/C32H34N4O3/c37-29(33-21-24-10-4-1-5-11-24)22-35-23-36(26-14-8-3-9-15-26)32(31(35)39)16-18-34(19-17-32)30(38)28-20-27(28)25-12-6-2-7-13-25/h1-15,27-28H,16-23H2,(H,33,37). The second kappa shape index (κ2) is 10.6. The minimum absolute atomic E-state index is 0.0141. The Morgan fingerprint density at radius 1 is 0.846 bits per heavy atom. The van der Waals surface area contributed by atoms with Crippen LogP contribution in [0, 0.1) is 5.92 Å². The molecule has 6 rings (SSSR count). The molecule has 1 saturated carbocycles. The van der Waals surface area contributed by atoms with Gasteiger partial charge in [-0.25, -0.2) is 0 Å². The maximum atomic E-state index is 13.9. The summed E-state index contributed by atoms with van der Waals surface area (Å²) < 4.78 is 0. The number of hydrogen-bond donors (Lipinski definition) is 1. The van der Waals surface area contributed by atoms with Gasteiger partial charge in [0.15, 0.2) is 0 Å². The number of benzene rings is 3. The van der Waals surface area contributed by atoms with Crippen molar-refractivity contribution in [3.8, 4) is 0 Å². The van der Waals surface area contributed by atoms with Gasteiger partial charge in [-0.3, -0.25) is 14.4 Å². The number of carbonyl (C=O) groups is 3. The molecule has 0 radical (unpaired) electrons. The SMILES string of the molecule is O=C(CN1CN(c2ccccc2)C2(CCN(C(=O)C3CC3c3ccccc3)CC2)C1=O)NCc1ccccc1. The smallest absolute Gasteiger partial charge is 0.250 e. The Balaban J connectivity index is 1.13. The summed E-state index contributed by atoms with van der Waals surface area (Å²) in [5, 5.41) is 2.95. The van der Waals surface area contributed by atoms with Gasteiger partial charge in [-0.05, 0) is 48.4 Å². The molecule has 2 saturated heterocycles. The van der Waals surface area contributed by atoms with Crippen LogP contribution in [0.2, 0.25) is 0 Å². The van der Waals surface area contributed by atoms with Gasteiger partial charge in [0.2, 0.25) is 11.8 Å². The first kappa shape index (κ1) is 25.2. The molecule has 7 heteroatoms. The number of rotatable bonds is 7. The molecule has 2 atom stereocenters. The van der Waals surface area contributed by atoms with E-state index in [1.165, 1.54) is 5.56 Å². The summed E-state index contributed by atoms with van der Waals surface area (Å²) >= 11 is 0. The summed E-state index contributed by atoms with van der Waals surface area (Å²) in [6.45, 7) is 1.88. The molecule has 3 aromatic rings. The highest BCUT2D eigenvalue weighted by molar-refractivity contribution is 5.96. The molecule has 3 aliphatic rings. The molecule has 0 aromatic heterocycles. The first-order chi connectivity index (χ1) is 19.0. The van der Waals surface area contributed by atoms with E-state index >= 15 is 0 Å². The van der Waals surface area contributed by atoms with Gasteiger partial charge in [0, 0.05) is 31.2 Å². The van der Waals surface area contributed by atoms with Crippen LogP contribution in [-0.4, -0.2) is 59.4 Å². The molecule has 2 heterocycles. The molecular formula is C32H34N4O3. The van der Waals surface area contributed by atoms with Crippen molar-refractivity contribution in [2.24, 2.45) is 5.92 Å². The molecule has 3 fully saturated rings. The van der Waals surface area contributed by atoms with Gasteiger partial charge in [-0.1, -0.05) is 78.9 Å². The van der Waals surface area contributed by atoms with Crippen molar-refractivity contribution in [3.63, 3.8) is 0 Å². The van der Waals surface area contributed by atoms with E-state index in [1.807, 2.05) is 83.8 Å². The van der Waals surface area contributed by atoms with E-state index in [2.05, 4.69) is 22.3 Å². The predicted molar refractivity (Wildman–Crippen MR) is 150 cm³/mol. The normalized spacial score (nSPS) is 21.7. The van der Waals surface area contributed by atoms with Crippen LogP contribution < -0.4 is 10.2 Å². The molecule has 1 aliphatic carbocycles. The number of amides is 3. The predicted octanol–water partition coefficient (Wildman–Crippen LogP) is 3.77. The van der Waals surface area contributed by atoms with Crippen molar-refractivity contribution in [3.05, 3.63) is 102 Å². The van der Waals surface area contributed by atoms with Crippen LogP contribution in [0.25, 0.3) is 0 Å². The number of nitrogens with one attached hydrogen (secondary N) is 1. The van der Waals surface area contributed by atoms with Gasteiger partial charge in [0.25, 0.3) is 5.91 Å². The lowest BCUT2D eigenvalue weighted by molar-refractivity contribution is -0.140. The minimum atomic E-state index is -0.750. The fourth-order valence-electron chi connectivity index (χ4n) is 6.22. The Labute approximate surface area is 229 Å². The molecule has 0 bridgehead atoms. The van der Waals surface area contributed by atoms with E-state index in [-0.39, 0.29) is 30.2 Å². The average Bonchev–Trinajstić information content (AvgIpc) is 3.76. The maximum absolute atomic E-state index is 13.9. The van der Waals surface area contributed by atoms with Gasteiger partial charge in [0.05, 0.1) is 6.67 Å². The molecule has 200 valence electrons. The second-order valence-corrected chi connectivity index (χ2v) is 10.9. The fraction of sp³-hybridized carbons (Fsp3) is 0.344. The van der Waals surface area contributed by atoms with Gasteiger partial charge in [0.1, 0.15) is 12.1 Å². The topological polar surface area (TPSA) is 73.0 Å². The highest BCUT2D eigenvalue weighted by Gasteiger charge is 2.55. The monoisotopic (exact) mass is 522 g/mol. The number of carbonyl (C=O) groups excluding carboxylic acids is 3. The van der Waals surface area contributed by atoms with Crippen LogP contribution in [0.3, 0.4) is 0 Å². The van der Waals surface area contributed by atoms with Crippen LogP contribution in [0.1, 0.15) is 36.3 Å². The molecule has 1 spiro atoms. The van der Waals surface area contributed by atoms with Crippen molar-refractivity contribution < 1.29 is 14.4 Å². The lowest BCUT2D eigenvalue weighted by atomic mass is 9.85. The van der Waals surface area contributed by atoms with Crippen LogP contribution in [0.4, 0.5) is 5.69 Å². The highest BCUT2D eigenvalue weighted by Crippen LogP contribution is 2.49. The molecular weight excluding hydrogens is 488 g/mol. The van der Waals surface area contributed by atoms with E-state index in [9.17, 15) is 14.4 Å². The molecule has 39 heavy (non-hydrogen) atoms. The average molecular weight is 523 g/mol. The Bertz CT molecular complexity index is 1320. The summed E-state index contributed by atoms with van der Waals surface area (Å²) in [4.78, 5) is 45.9. The van der Waals surface area contributed by atoms with Gasteiger partial charge in [-0.15, -0.1) is 0 Å². The third-order valence-corrected chi connectivity index (χ3v) is 8.49. The maximum Gasteiger partial charge on any atom is 0.250 e. The number of likely N-dealkylation sites (tertiary alicyclic amines) is 1. The van der Waals surface area contributed by atoms with Crippen molar-refractivity contribution in [1.82, 2.24) is 15.1 Å². The summed E-state index contributed by atoms with van der Waals surface area (Å²) in [6.07, 6.45) is 2.00. The third kappa shape index (κ3) is 5.01. The number of para-hydroxylation sites is 1. The largest absolute Gasteiger partial charge is 0.350 e. The summed E-state index contributed by atoms with van der Waals surface area (Å²) in [5.74, 6) is 0.337. The van der Waals surface area contributed by atoms with Crippen molar-refractivity contribution in [2.75, 3.05) is 31.2 Å². The van der Waals surface area contributed by atoms with Crippen LogP contribution in [0.15, 0.2) is 91.0 Å². The first-order valence-electron chi connectivity index (χ1n) is 13.8. The molecule has 3 amide bonds.